The van der Waals surface area contributed by atoms with Gasteiger partial charge in [0.25, 0.3) is 0 Å². The van der Waals surface area contributed by atoms with Crippen molar-refractivity contribution in [3.05, 3.63) is 0 Å². The Morgan fingerprint density at radius 2 is 1.88 bits per heavy atom. The fraction of sp³-hybridized carbons (Fsp3) is 0.625. The van der Waals surface area contributed by atoms with Gasteiger partial charge in [-0.2, -0.15) is 0 Å². The molecule has 0 radical (unpaired) electrons. The topological polar surface area (TPSA) is 156 Å². The molecule has 8 heteroatoms. The molecule has 0 unspecified atom stereocenters. The zero-order chi connectivity index (χ0) is 12.7. The lowest BCUT2D eigenvalue weighted by molar-refractivity contribution is -0.142. The van der Waals surface area contributed by atoms with E-state index in [4.69, 9.17) is 21.7 Å². The van der Waals surface area contributed by atoms with Gasteiger partial charge in [0.2, 0.25) is 11.8 Å². The smallest absolute Gasteiger partial charge is 0.326 e. The summed E-state index contributed by atoms with van der Waals surface area (Å²) in [6.07, 6.45) is -0.278. The third kappa shape index (κ3) is 5.27. The van der Waals surface area contributed by atoms with Crippen LogP contribution in [0.15, 0.2) is 0 Å². The van der Waals surface area contributed by atoms with E-state index in [1.54, 1.807) is 0 Å². The van der Waals surface area contributed by atoms with E-state index in [9.17, 15) is 14.4 Å². The van der Waals surface area contributed by atoms with Gasteiger partial charge < -0.3 is 27.0 Å². The second-order valence-corrected chi connectivity index (χ2v) is 3.19. The molecule has 2 amide bonds. The van der Waals surface area contributed by atoms with Crippen LogP contribution >= 0.6 is 0 Å². The Labute approximate surface area is 91.6 Å². The van der Waals surface area contributed by atoms with Gasteiger partial charge in [0.1, 0.15) is 12.1 Å². The number of carboxylic acid groups (broad SMARTS) is 1. The molecule has 0 aromatic rings. The Kier molecular flexibility index (Phi) is 6.04. The van der Waals surface area contributed by atoms with Crippen LogP contribution in [0.4, 0.5) is 0 Å². The maximum absolute atomic E-state index is 11.2. The van der Waals surface area contributed by atoms with Crippen LogP contribution in [0.5, 0.6) is 0 Å². The number of carbonyl (C=O) groups is 3. The predicted molar refractivity (Wildman–Crippen MR) is 53.1 cm³/mol. The van der Waals surface area contributed by atoms with E-state index >= 15 is 0 Å². The van der Waals surface area contributed by atoms with Crippen LogP contribution in [0, 0.1) is 0 Å². The van der Waals surface area contributed by atoms with Gasteiger partial charge in [-0.15, -0.1) is 0 Å². The average Bonchev–Trinajstić information content (AvgIpc) is 2.21. The van der Waals surface area contributed by atoms with Crippen molar-refractivity contribution in [2.75, 3.05) is 6.61 Å². The molecule has 8 nitrogen and oxygen atoms in total. The number of hydrogen-bond acceptors (Lipinski definition) is 5. The first-order valence-electron chi connectivity index (χ1n) is 4.56. The fourth-order valence-corrected chi connectivity index (χ4v) is 0.906. The molecule has 0 spiro atoms. The maximum atomic E-state index is 11.2. The Hall–Kier alpha value is -1.67. The van der Waals surface area contributed by atoms with Crippen LogP contribution in [0.25, 0.3) is 0 Å². The summed E-state index contributed by atoms with van der Waals surface area (Å²) < 4.78 is 0. The van der Waals surface area contributed by atoms with Gasteiger partial charge in [0.15, 0.2) is 0 Å². The summed E-state index contributed by atoms with van der Waals surface area (Å²) in [4.78, 5) is 32.3. The van der Waals surface area contributed by atoms with Crippen molar-refractivity contribution >= 4 is 17.8 Å². The lowest BCUT2D eigenvalue weighted by atomic mass is 10.1. The number of rotatable bonds is 7. The number of hydrogen-bond donors (Lipinski definition) is 5. The van der Waals surface area contributed by atoms with Crippen molar-refractivity contribution in [2.45, 2.75) is 24.9 Å². The molecule has 0 aliphatic heterocycles. The summed E-state index contributed by atoms with van der Waals surface area (Å²) >= 11 is 0. The van der Waals surface area contributed by atoms with Gasteiger partial charge in [-0.25, -0.2) is 4.79 Å². The minimum Gasteiger partial charge on any atom is -0.480 e. The molecule has 0 saturated carbocycles. The van der Waals surface area contributed by atoms with Gasteiger partial charge >= 0.3 is 5.97 Å². The number of aliphatic hydroxyl groups excluding tert-OH is 1. The monoisotopic (exact) mass is 233 g/mol. The number of primary amides is 1. The van der Waals surface area contributed by atoms with Crippen molar-refractivity contribution in [1.82, 2.24) is 5.32 Å². The highest BCUT2D eigenvalue weighted by Gasteiger charge is 2.23. The number of carboxylic acids is 1. The van der Waals surface area contributed by atoms with Gasteiger partial charge in [-0.1, -0.05) is 0 Å². The van der Waals surface area contributed by atoms with E-state index in [-0.39, 0.29) is 12.8 Å². The van der Waals surface area contributed by atoms with Crippen molar-refractivity contribution in [3.63, 3.8) is 0 Å². The highest BCUT2D eigenvalue weighted by Crippen LogP contribution is 1.97. The third-order valence-corrected chi connectivity index (χ3v) is 1.83. The van der Waals surface area contributed by atoms with E-state index in [0.29, 0.717) is 0 Å². The van der Waals surface area contributed by atoms with Crippen molar-refractivity contribution < 1.29 is 24.6 Å². The zero-order valence-electron chi connectivity index (χ0n) is 8.55. The summed E-state index contributed by atoms with van der Waals surface area (Å²) in [5, 5.41) is 19.4. The Bertz CT molecular complexity index is 281. The summed E-state index contributed by atoms with van der Waals surface area (Å²) in [6.45, 7) is -0.589. The van der Waals surface area contributed by atoms with E-state index in [2.05, 4.69) is 5.32 Å². The van der Waals surface area contributed by atoms with Crippen molar-refractivity contribution in [3.8, 4) is 0 Å². The van der Waals surface area contributed by atoms with Crippen LogP contribution in [0.2, 0.25) is 0 Å². The lowest BCUT2D eigenvalue weighted by Gasteiger charge is -2.15. The predicted octanol–water partition coefficient (Wildman–Crippen LogP) is -2.86. The van der Waals surface area contributed by atoms with Crippen LogP contribution in [-0.4, -0.2) is 46.7 Å². The Morgan fingerprint density at radius 1 is 1.31 bits per heavy atom. The second-order valence-electron chi connectivity index (χ2n) is 3.19. The number of aliphatic carboxylic acids is 1. The summed E-state index contributed by atoms with van der Waals surface area (Å²) in [5.41, 5.74) is 10.0. The molecule has 0 fully saturated rings. The Balaban J connectivity index is 4.28. The summed E-state index contributed by atoms with van der Waals surface area (Å²) in [7, 11) is 0. The molecule has 0 aliphatic rings. The van der Waals surface area contributed by atoms with Crippen LogP contribution < -0.4 is 16.8 Å². The molecule has 2 atom stereocenters. The number of amides is 2. The lowest BCUT2D eigenvalue weighted by Crippen LogP contribution is -2.50. The van der Waals surface area contributed by atoms with E-state index in [0.717, 1.165) is 0 Å². The molecule has 92 valence electrons. The quantitative estimate of drug-likeness (QED) is 0.318. The summed E-state index contributed by atoms with van der Waals surface area (Å²) in [5.74, 6) is -2.74. The molecule has 0 bridgehead atoms. The van der Waals surface area contributed by atoms with Crippen LogP contribution in [0.3, 0.4) is 0 Å². The molecule has 0 rings (SSSR count). The van der Waals surface area contributed by atoms with Gasteiger partial charge in [-0.05, 0) is 6.42 Å². The maximum Gasteiger partial charge on any atom is 0.326 e. The normalized spacial score (nSPS) is 13.9. The minimum atomic E-state index is -1.29. The summed E-state index contributed by atoms with van der Waals surface area (Å²) in [6, 6.07) is -2.42. The van der Waals surface area contributed by atoms with E-state index in [1.165, 1.54) is 0 Å². The minimum absolute atomic E-state index is 0.117. The van der Waals surface area contributed by atoms with Crippen LogP contribution in [0.1, 0.15) is 12.8 Å². The molecule has 0 aliphatic carbocycles. The first-order chi connectivity index (χ1) is 7.38. The molecule has 0 saturated heterocycles. The number of aliphatic hydroxyl groups is 1. The largest absolute Gasteiger partial charge is 0.480 e. The highest BCUT2D eigenvalue weighted by atomic mass is 16.4. The first kappa shape index (κ1) is 14.3. The highest BCUT2D eigenvalue weighted by molar-refractivity contribution is 5.87. The van der Waals surface area contributed by atoms with Gasteiger partial charge in [-0.3, -0.25) is 9.59 Å². The van der Waals surface area contributed by atoms with Crippen molar-refractivity contribution in [2.24, 2.45) is 11.5 Å². The number of nitrogens with one attached hydrogen (secondary N) is 1. The number of carbonyl (C=O) groups excluding carboxylic acids is 2. The molecule has 0 aromatic carbocycles. The van der Waals surface area contributed by atoms with E-state index < -0.39 is 36.5 Å². The first-order valence-corrected chi connectivity index (χ1v) is 4.56. The molecule has 0 heterocycles. The molecular formula is C8H15N3O5. The van der Waals surface area contributed by atoms with Gasteiger partial charge in [0, 0.05) is 6.42 Å². The molecule has 0 aromatic heterocycles. The van der Waals surface area contributed by atoms with Gasteiger partial charge in [0.05, 0.1) is 6.61 Å². The Morgan fingerprint density at radius 3 is 2.25 bits per heavy atom. The van der Waals surface area contributed by atoms with E-state index in [1.807, 2.05) is 0 Å². The van der Waals surface area contributed by atoms with Crippen molar-refractivity contribution in [1.29, 1.82) is 0 Å². The SMILES string of the molecule is NC(=O)CC[C@H](NC(=O)[C@H](N)CO)C(=O)O. The third-order valence-electron chi connectivity index (χ3n) is 1.83. The average molecular weight is 233 g/mol. The standard InChI is InChI=1S/C8H15N3O5/c9-4(3-12)7(14)11-5(8(15)16)1-2-6(10)13/h4-5,12H,1-3,9H2,(H2,10,13)(H,11,14)(H,15,16)/t4-,5+/m1/s1. The second kappa shape index (κ2) is 6.75. The molecular weight excluding hydrogens is 218 g/mol. The van der Waals surface area contributed by atoms with Crippen LogP contribution in [-0.2, 0) is 14.4 Å². The molecule has 16 heavy (non-hydrogen) atoms. The zero-order valence-corrected chi connectivity index (χ0v) is 8.55. The molecule has 7 N–H and O–H groups in total. The fourth-order valence-electron chi connectivity index (χ4n) is 0.906. The number of nitrogens with two attached hydrogens (primary N) is 2.